The molecule has 3 heteroatoms. The molecule has 1 saturated carbocycles. The van der Waals surface area contributed by atoms with Crippen molar-refractivity contribution in [2.24, 2.45) is 0 Å². The van der Waals surface area contributed by atoms with Gasteiger partial charge in [-0.05, 0) is 38.3 Å². The quantitative estimate of drug-likeness (QED) is 0.773. The first-order chi connectivity index (χ1) is 6.77. The predicted octanol–water partition coefficient (Wildman–Crippen LogP) is 1.84. The van der Waals surface area contributed by atoms with Crippen LogP contribution in [0.15, 0.2) is 22.8 Å². The minimum absolute atomic E-state index is 0.183. The zero-order chi connectivity index (χ0) is 9.97. The van der Waals surface area contributed by atoms with Crippen molar-refractivity contribution >= 4 is 0 Å². The third-order valence-corrected chi connectivity index (χ3v) is 2.91. The van der Waals surface area contributed by atoms with E-state index in [2.05, 4.69) is 12.2 Å². The van der Waals surface area contributed by atoms with Crippen LogP contribution in [0.25, 0.3) is 0 Å². The molecule has 1 aromatic heterocycles. The average molecular weight is 195 g/mol. The van der Waals surface area contributed by atoms with Crippen molar-refractivity contribution in [1.29, 1.82) is 0 Å². The first-order valence-electron chi connectivity index (χ1n) is 5.25. The van der Waals surface area contributed by atoms with E-state index in [1.807, 2.05) is 12.1 Å². The number of rotatable bonds is 3. The van der Waals surface area contributed by atoms with Crippen LogP contribution in [0, 0.1) is 0 Å². The summed E-state index contributed by atoms with van der Waals surface area (Å²) in [7, 11) is 0. The van der Waals surface area contributed by atoms with Crippen LogP contribution in [0.1, 0.15) is 38.0 Å². The van der Waals surface area contributed by atoms with Gasteiger partial charge < -0.3 is 14.8 Å². The molecule has 1 heterocycles. The Bertz CT molecular complexity index is 271. The fourth-order valence-corrected chi connectivity index (χ4v) is 2.08. The third kappa shape index (κ3) is 1.99. The van der Waals surface area contributed by atoms with Crippen LogP contribution in [-0.2, 0) is 0 Å². The molecule has 1 aliphatic carbocycles. The summed E-state index contributed by atoms with van der Waals surface area (Å²) in [6.45, 7) is 2.06. The van der Waals surface area contributed by atoms with E-state index in [1.54, 1.807) is 6.26 Å². The van der Waals surface area contributed by atoms with Crippen LogP contribution in [-0.4, -0.2) is 17.3 Å². The molecule has 1 aromatic rings. The minimum Gasteiger partial charge on any atom is -0.468 e. The van der Waals surface area contributed by atoms with Gasteiger partial charge in [-0.1, -0.05) is 0 Å². The molecule has 0 unspecified atom stereocenters. The van der Waals surface area contributed by atoms with Gasteiger partial charge in [0, 0.05) is 6.04 Å². The highest BCUT2D eigenvalue weighted by Gasteiger charge is 2.26. The minimum atomic E-state index is -0.188. The van der Waals surface area contributed by atoms with Crippen LogP contribution < -0.4 is 5.32 Å². The maximum Gasteiger partial charge on any atom is 0.120 e. The normalized spacial score (nSPS) is 29.3. The second-order valence-electron chi connectivity index (χ2n) is 4.01. The number of nitrogens with one attached hydrogen (secondary N) is 1. The predicted molar refractivity (Wildman–Crippen MR) is 53.9 cm³/mol. The van der Waals surface area contributed by atoms with E-state index >= 15 is 0 Å². The fraction of sp³-hybridized carbons (Fsp3) is 0.636. The Morgan fingerprint density at radius 1 is 1.57 bits per heavy atom. The topological polar surface area (TPSA) is 45.4 Å². The summed E-state index contributed by atoms with van der Waals surface area (Å²) in [5.74, 6) is 0.934. The average Bonchev–Trinajstić information content (AvgIpc) is 2.77. The van der Waals surface area contributed by atoms with E-state index in [1.165, 1.54) is 0 Å². The van der Waals surface area contributed by atoms with Gasteiger partial charge >= 0.3 is 0 Å². The summed E-state index contributed by atoms with van der Waals surface area (Å²) >= 11 is 0. The highest BCUT2D eigenvalue weighted by Crippen LogP contribution is 2.22. The summed E-state index contributed by atoms with van der Waals surface area (Å²) < 4.78 is 5.30. The molecule has 0 amide bonds. The van der Waals surface area contributed by atoms with Crippen molar-refractivity contribution in [3.05, 3.63) is 24.2 Å². The number of furan rings is 1. The van der Waals surface area contributed by atoms with Gasteiger partial charge in [-0.3, -0.25) is 0 Å². The summed E-state index contributed by atoms with van der Waals surface area (Å²) in [5, 5.41) is 13.0. The Labute approximate surface area is 84.1 Å². The standard InChI is InChI=1S/C11H17NO2/c1-8(11-6-3-7-14-11)12-9-4-2-5-10(9)13/h3,6-10,12-13H,2,4-5H2,1H3/t8-,9-,10-/m0/s1. The number of aliphatic hydroxyl groups is 1. The van der Waals surface area contributed by atoms with Crippen molar-refractivity contribution < 1.29 is 9.52 Å². The molecule has 0 spiro atoms. The Kier molecular flexibility index (Phi) is 2.89. The van der Waals surface area contributed by atoms with Gasteiger partial charge in [0.05, 0.1) is 18.4 Å². The molecule has 0 saturated heterocycles. The van der Waals surface area contributed by atoms with E-state index in [9.17, 15) is 5.11 Å². The summed E-state index contributed by atoms with van der Waals surface area (Å²) in [4.78, 5) is 0. The Morgan fingerprint density at radius 3 is 3.00 bits per heavy atom. The molecule has 0 aromatic carbocycles. The van der Waals surface area contributed by atoms with Crippen LogP contribution >= 0.6 is 0 Å². The van der Waals surface area contributed by atoms with Gasteiger partial charge in [0.15, 0.2) is 0 Å². The first kappa shape index (κ1) is 9.74. The second-order valence-corrected chi connectivity index (χ2v) is 4.01. The SMILES string of the molecule is C[C@H](N[C@H]1CCC[C@@H]1O)c1ccco1. The van der Waals surface area contributed by atoms with Gasteiger partial charge in [0.25, 0.3) is 0 Å². The monoisotopic (exact) mass is 195 g/mol. The Morgan fingerprint density at radius 2 is 2.43 bits per heavy atom. The molecule has 1 aliphatic rings. The van der Waals surface area contributed by atoms with Crippen molar-refractivity contribution in [3.8, 4) is 0 Å². The lowest BCUT2D eigenvalue weighted by Gasteiger charge is -2.20. The van der Waals surface area contributed by atoms with Gasteiger partial charge in [-0.15, -0.1) is 0 Å². The summed E-state index contributed by atoms with van der Waals surface area (Å²) in [6.07, 6.45) is 4.59. The molecular formula is C11H17NO2. The van der Waals surface area contributed by atoms with Gasteiger partial charge in [-0.2, -0.15) is 0 Å². The highest BCUT2D eigenvalue weighted by molar-refractivity contribution is 5.04. The Balaban J connectivity index is 1.91. The van der Waals surface area contributed by atoms with E-state index in [4.69, 9.17) is 4.42 Å². The summed E-state index contributed by atoms with van der Waals surface area (Å²) in [6, 6.07) is 4.26. The molecule has 2 N–H and O–H groups in total. The van der Waals surface area contributed by atoms with Crippen LogP contribution in [0.3, 0.4) is 0 Å². The third-order valence-electron chi connectivity index (χ3n) is 2.91. The molecule has 0 radical (unpaired) electrons. The highest BCUT2D eigenvalue weighted by atomic mass is 16.3. The lowest BCUT2D eigenvalue weighted by atomic mass is 10.1. The lowest BCUT2D eigenvalue weighted by Crippen LogP contribution is -2.37. The largest absolute Gasteiger partial charge is 0.468 e. The smallest absolute Gasteiger partial charge is 0.120 e. The Hall–Kier alpha value is -0.800. The molecule has 14 heavy (non-hydrogen) atoms. The fourth-order valence-electron chi connectivity index (χ4n) is 2.08. The molecule has 0 bridgehead atoms. The van der Waals surface area contributed by atoms with Crippen molar-refractivity contribution in [1.82, 2.24) is 5.32 Å². The van der Waals surface area contributed by atoms with E-state index in [0.717, 1.165) is 25.0 Å². The van der Waals surface area contributed by atoms with Crippen molar-refractivity contribution in [2.45, 2.75) is 44.4 Å². The van der Waals surface area contributed by atoms with Crippen molar-refractivity contribution in [3.63, 3.8) is 0 Å². The van der Waals surface area contributed by atoms with Crippen LogP contribution in [0.4, 0.5) is 0 Å². The van der Waals surface area contributed by atoms with Crippen molar-refractivity contribution in [2.75, 3.05) is 0 Å². The van der Waals surface area contributed by atoms with Crippen LogP contribution in [0.2, 0.25) is 0 Å². The first-order valence-corrected chi connectivity index (χ1v) is 5.25. The van der Waals surface area contributed by atoms with Crippen LogP contribution in [0.5, 0.6) is 0 Å². The van der Waals surface area contributed by atoms with E-state index in [0.29, 0.717) is 0 Å². The molecule has 3 atom stereocenters. The van der Waals surface area contributed by atoms with Gasteiger partial charge in [0.2, 0.25) is 0 Å². The molecule has 78 valence electrons. The molecule has 2 rings (SSSR count). The molecule has 0 aliphatic heterocycles. The number of hydrogen-bond acceptors (Lipinski definition) is 3. The number of hydrogen-bond donors (Lipinski definition) is 2. The maximum atomic E-state index is 9.64. The van der Waals surface area contributed by atoms with Gasteiger partial charge in [0.1, 0.15) is 5.76 Å². The zero-order valence-corrected chi connectivity index (χ0v) is 8.44. The number of aliphatic hydroxyl groups excluding tert-OH is 1. The maximum absolute atomic E-state index is 9.64. The molecule has 1 fully saturated rings. The van der Waals surface area contributed by atoms with E-state index < -0.39 is 0 Å². The van der Waals surface area contributed by atoms with Gasteiger partial charge in [-0.25, -0.2) is 0 Å². The summed E-state index contributed by atoms with van der Waals surface area (Å²) in [5.41, 5.74) is 0. The zero-order valence-electron chi connectivity index (χ0n) is 8.44. The second kappa shape index (κ2) is 4.15. The molecule has 3 nitrogen and oxygen atoms in total. The van der Waals surface area contributed by atoms with E-state index in [-0.39, 0.29) is 18.2 Å². The molecular weight excluding hydrogens is 178 g/mol. The lowest BCUT2D eigenvalue weighted by molar-refractivity contribution is 0.142.